The molecule has 0 amide bonds. The Balaban J connectivity index is 2.81. The number of methoxy groups -OCH3 is 1. The lowest BCUT2D eigenvalue weighted by molar-refractivity contribution is -0.142. The van der Waals surface area contributed by atoms with Crippen molar-refractivity contribution < 1.29 is 49.4 Å². The Labute approximate surface area is 141 Å². The number of benzene rings is 1. The van der Waals surface area contributed by atoms with Gasteiger partial charge in [0.25, 0.3) is 0 Å². The van der Waals surface area contributed by atoms with Gasteiger partial charge in [-0.05, 0) is 24.3 Å². The largest absolute Gasteiger partial charge is 0.513 e. The molecule has 10 nitrogen and oxygen atoms in total. The quantitative estimate of drug-likeness (QED) is 0.152. The van der Waals surface area contributed by atoms with E-state index in [4.69, 9.17) is 5.11 Å². The molecular weight excluding hydrogens is 340 g/mol. The van der Waals surface area contributed by atoms with Crippen LogP contribution < -0.4 is 4.74 Å². The standard InChI is InChI=1S/C15H18O10/c1-24-15(23)25-8-4-2-7(3-5-8)10(18)12(20)14(22)13(21)11(19)9(17)6-16/h2-5,9,11,13-14,16-17,19,21-22H,6H2,1H3/t9-,11-,13+,14+/m1/s1. The Morgan fingerprint density at radius 2 is 1.56 bits per heavy atom. The Bertz CT molecular complexity index is 611. The molecule has 0 aromatic heterocycles. The smallest absolute Gasteiger partial charge is 0.437 e. The number of aliphatic hydroxyl groups is 5. The number of aliphatic hydroxyl groups excluding tert-OH is 5. The Morgan fingerprint density at radius 1 is 1.00 bits per heavy atom. The molecule has 5 N–H and O–H groups in total. The molecule has 0 aliphatic heterocycles. The van der Waals surface area contributed by atoms with Crippen molar-refractivity contribution in [2.24, 2.45) is 0 Å². The fraction of sp³-hybridized carbons (Fsp3) is 0.400. The third kappa shape index (κ3) is 5.31. The maximum absolute atomic E-state index is 12.0. The van der Waals surface area contributed by atoms with Crippen LogP contribution in [-0.4, -0.2) is 81.4 Å². The van der Waals surface area contributed by atoms with Gasteiger partial charge in [0.2, 0.25) is 11.6 Å². The average Bonchev–Trinajstić information content (AvgIpc) is 2.64. The molecule has 0 bridgehead atoms. The number of carbonyl (C=O) groups is 3. The minimum atomic E-state index is -2.31. The molecule has 0 aliphatic carbocycles. The number of ether oxygens (including phenoxy) is 2. The van der Waals surface area contributed by atoms with Crippen LogP contribution in [0.1, 0.15) is 10.4 Å². The molecule has 4 atom stereocenters. The van der Waals surface area contributed by atoms with Crippen LogP contribution in [0.15, 0.2) is 24.3 Å². The summed E-state index contributed by atoms with van der Waals surface area (Å²) in [6, 6.07) is 4.67. The van der Waals surface area contributed by atoms with Crippen molar-refractivity contribution in [1.29, 1.82) is 0 Å². The highest BCUT2D eigenvalue weighted by molar-refractivity contribution is 6.45. The number of ketones is 2. The third-order valence-electron chi connectivity index (χ3n) is 3.23. The first-order chi connectivity index (χ1) is 11.7. The Morgan fingerprint density at radius 3 is 2.04 bits per heavy atom. The molecule has 10 heteroatoms. The van der Waals surface area contributed by atoms with Gasteiger partial charge >= 0.3 is 6.16 Å². The summed E-state index contributed by atoms with van der Waals surface area (Å²) in [5.41, 5.74) is -0.175. The molecule has 0 unspecified atom stereocenters. The topological polar surface area (TPSA) is 171 Å². The van der Waals surface area contributed by atoms with Crippen LogP contribution in [0.25, 0.3) is 0 Å². The summed E-state index contributed by atoms with van der Waals surface area (Å²) in [7, 11) is 1.10. The van der Waals surface area contributed by atoms with Crippen LogP contribution in [0.4, 0.5) is 4.79 Å². The van der Waals surface area contributed by atoms with Gasteiger partial charge in [-0.1, -0.05) is 0 Å². The summed E-state index contributed by atoms with van der Waals surface area (Å²) in [5.74, 6) is -2.57. The lowest BCUT2D eigenvalue weighted by Crippen LogP contribution is -2.50. The second kappa shape index (κ2) is 9.20. The van der Waals surface area contributed by atoms with E-state index in [1.54, 1.807) is 0 Å². The molecule has 0 heterocycles. The van der Waals surface area contributed by atoms with Gasteiger partial charge in [0, 0.05) is 5.56 Å². The molecule has 1 aromatic rings. The minimum Gasteiger partial charge on any atom is -0.437 e. The van der Waals surface area contributed by atoms with Crippen LogP contribution in [-0.2, 0) is 9.53 Å². The first-order valence-electron chi connectivity index (χ1n) is 7.00. The number of carbonyl (C=O) groups excluding carboxylic acids is 3. The number of hydrogen-bond acceptors (Lipinski definition) is 10. The van der Waals surface area contributed by atoms with E-state index < -0.39 is 48.7 Å². The minimum absolute atomic E-state index is 0.0397. The van der Waals surface area contributed by atoms with Crippen molar-refractivity contribution in [2.45, 2.75) is 24.4 Å². The molecule has 1 aromatic carbocycles. The van der Waals surface area contributed by atoms with Crippen LogP contribution >= 0.6 is 0 Å². The van der Waals surface area contributed by atoms with Gasteiger partial charge in [-0.3, -0.25) is 9.59 Å². The van der Waals surface area contributed by atoms with E-state index in [9.17, 15) is 34.8 Å². The zero-order valence-electron chi connectivity index (χ0n) is 13.1. The highest BCUT2D eigenvalue weighted by Gasteiger charge is 2.37. The first-order valence-corrected chi connectivity index (χ1v) is 7.00. The van der Waals surface area contributed by atoms with Gasteiger partial charge in [0.05, 0.1) is 13.7 Å². The monoisotopic (exact) mass is 358 g/mol. The van der Waals surface area contributed by atoms with Crippen LogP contribution in [0.5, 0.6) is 5.75 Å². The average molecular weight is 358 g/mol. The van der Waals surface area contributed by atoms with Gasteiger partial charge in [0.15, 0.2) is 0 Å². The molecule has 0 fully saturated rings. The predicted molar refractivity (Wildman–Crippen MR) is 79.9 cm³/mol. The van der Waals surface area contributed by atoms with Gasteiger partial charge in [-0.15, -0.1) is 0 Å². The van der Waals surface area contributed by atoms with E-state index >= 15 is 0 Å². The highest BCUT2D eigenvalue weighted by Crippen LogP contribution is 2.15. The lowest BCUT2D eigenvalue weighted by Gasteiger charge is -2.24. The number of rotatable bonds is 8. The second-order valence-corrected chi connectivity index (χ2v) is 4.95. The van der Waals surface area contributed by atoms with E-state index in [0.717, 1.165) is 19.2 Å². The molecule has 25 heavy (non-hydrogen) atoms. The number of Topliss-reactive ketones (excluding diaryl/α,β-unsaturated/α-hetero) is 2. The van der Waals surface area contributed by atoms with Crippen molar-refractivity contribution >= 4 is 17.7 Å². The van der Waals surface area contributed by atoms with Gasteiger partial charge < -0.3 is 35.0 Å². The first kappa shape index (κ1) is 20.7. The van der Waals surface area contributed by atoms with Crippen LogP contribution in [0.2, 0.25) is 0 Å². The van der Waals surface area contributed by atoms with E-state index in [2.05, 4.69) is 9.47 Å². The summed E-state index contributed by atoms with van der Waals surface area (Å²) in [6.07, 6.45) is -9.31. The van der Waals surface area contributed by atoms with E-state index in [0.29, 0.717) is 0 Å². The second-order valence-electron chi connectivity index (χ2n) is 4.95. The number of hydrogen-bond donors (Lipinski definition) is 5. The van der Waals surface area contributed by atoms with Crippen molar-refractivity contribution in [3.8, 4) is 5.75 Å². The maximum atomic E-state index is 12.0. The van der Waals surface area contributed by atoms with Crippen molar-refractivity contribution in [3.63, 3.8) is 0 Å². The fourth-order valence-corrected chi connectivity index (χ4v) is 1.77. The molecule has 0 spiro atoms. The molecular formula is C15H18O10. The molecule has 1 rings (SSSR count). The zero-order chi connectivity index (χ0) is 19.1. The Hall–Kier alpha value is -2.37. The SMILES string of the molecule is COC(=O)Oc1ccc(C(=O)C(=O)[C@H](O)[C@@H](O)[C@H](O)[C@H](O)CO)cc1. The fourth-order valence-electron chi connectivity index (χ4n) is 1.77. The predicted octanol–water partition coefficient (Wildman–Crippen LogP) is -1.98. The van der Waals surface area contributed by atoms with E-state index in [1.807, 2.05) is 0 Å². The molecule has 0 aliphatic rings. The van der Waals surface area contributed by atoms with Crippen molar-refractivity contribution in [1.82, 2.24) is 0 Å². The van der Waals surface area contributed by atoms with E-state index in [-0.39, 0.29) is 11.3 Å². The lowest BCUT2D eigenvalue weighted by atomic mass is 9.96. The molecule has 0 radical (unpaired) electrons. The summed E-state index contributed by atoms with van der Waals surface area (Å²) in [5, 5.41) is 46.6. The molecule has 0 saturated heterocycles. The van der Waals surface area contributed by atoms with Crippen LogP contribution in [0, 0.1) is 0 Å². The maximum Gasteiger partial charge on any atom is 0.513 e. The van der Waals surface area contributed by atoms with Gasteiger partial charge in [0.1, 0.15) is 30.2 Å². The normalized spacial score (nSPS) is 15.6. The molecule has 138 valence electrons. The summed E-state index contributed by atoms with van der Waals surface area (Å²) in [6.45, 7) is -0.922. The Kier molecular flexibility index (Phi) is 7.61. The van der Waals surface area contributed by atoms with Crippen molar-refractivity contribution in [3.05, 3.63) is 29.8 Å². The highest BCUT2D eigenvalue weighted by atomic mass is 16.7. The summed E-state index contributed by atoms with van der Waals surface area (Å²) >= 11 is 0. The molecule has 0 saturated carbocycles. The van der Waals surface area contributed by atoms with Gasteiger partial charge in [-0.25, -0.2) is 4.79 Å². The van der Waals surface area contributed by atoms with E-state index in [1.165, 1.54) is 12.1 Å². The zero-order valence-corrected chi connectivity index (χ0v) is 13.1. The van der Waals surface area contributed by atoms with Crippen molar-refractivity contribution in [2.75, 3.05) is 13.7 Å². The third-order valence-corrected chi connectivity index (χ3v) is 3.23. The summed E-state index contributed by atoms with van der Waals surface area (Å²) in [4.78, 5) is 34.8. The van der Waals surface area contributed by atoms with Crippen LogP contribution in [0.3, 0.4) is 0 Å². The summed E-state index contributed by atoms with van der Waals surface area (Å²) < 4.78 is 8.96. The van der Waals surface area contributed by atoms with Gasteiger partial charge in [-0.2, -0.15) is 0 Å².